The van der Waals surface area contributed by atoms with Gasteiger partial charge in [0.05, 0.1) is 5.57 Å². The minimum absolute atomic E-state index is 0.302. The normalized spacial score (nSPS) is 14.8. The SMILES string of the molecule is CCCCc1ccc(CN/C=C2/C(=O)NC(=O)c3ccc(I)cc32)cc1O. The number of phenols is 1. The highest BCUT2D eigenvalue weighted by molar-refractivity contribution is 14.1. The zero-order valence-electron chi connectivity index (χ0n) is 15.0. The minimum atomic E-state index is -0.417. The van der Waals surface area contributed by atoms with Gasteiger partial charge in [0.1, 0.15) is 5.75 Å². The summed E-state index contributed by atoms with van der Waals surface area (Å²) in [4.78, 5) is 24.2. The molecule has 0 aliphatic carbocycles. The van der Waals surface area contributed by atoms with Crippen molar-refractivity contribution in [2.45, 2.75) is 32.7 Å². The first-order valence-electron chi connectivity index (χ1n) is 8.89. The third-order valence-electron chi connectivity index (χ3n) is 4.49. The molecular formula is C21H21IN2O3. The fourth-order valence-electron chi connectivity index (χ4n) is 3.01. The van der Waals surface area contributed by atoms with Gasteiger partial charge in [0.2, 0.25) is 0 Å². The molecule has 0 bridgehead atoms. The van der Waals surface area contributed by atoms with Crippen LogP contribution in [0.2, 0.25) is 0 Å². The molecule has 0 atom stereocenters. The van der Waals surface area contributed by atoms with Crippen LogP contribution in [0.25, 0.3) is 5.57 Å². The van der Waals surface area contributed by atoms with Gasteiger partial charge in [-0.3, -0.25) is 14.9 Å². The van der Waals surface area contributed by atoms with Gasteiger partial charge in [0.25, 0.3) is 11.8 Å². The average Bonchev–Trinajstić information content (AvgIpc) is 2.63. The van der Waals surface area contributed by atoms with E-state index in [0.29, 0.717) is 29.0 Å². The Hall–Kier alpha value is -2.35. The van der Waals surface area contributed by atoms with Crippen molar-refractivity contribution in [1.82, 2.24) is 10.6 Å². The molecule has 0 saturated carbocycles. The van der Waals surface area contributed by atoms with Gasteiger partial charge in [-0.2, -0.15) is 0 Å². The van der Waals surface area contributed by atoms with Crippen LogP contribution in [0.1, 0.15) is 46.8 Å². The fraction of sp³-hybridized carbons (Fsp3) is 0.238. The topological polar surface area (TPSA) is 78.4 Å². The quantitative estimate of drug-likeness (QED) is 0.337. The maximum atomic E-state index is 12.2. The molecule has 0 fully saturated rings. The molecule has 27 heavy (non-hydrogen) atoms. The monoisotopic (exact) mass is 476 g/mol. The highest BCUT2D eigenvalue weighted by atomic mass is 127. The number of imide groups is 1. The second kappa shape index (κ2) is 8.56. The summed E-state index contributed by atoms with van der Waals surface area (Å²) in [6, 6.07) is 11.0. The van der Waals surface area contributed by atoms with Gasteiger partial charge in [-0.05, 0) is 70.8 Å². The molecule has 0 aromatic heterocycles. The van der Waals surface area contributed by atoms with E-state index in [2.05, 4.69) is 40.1 Å². The molecule has 140 valence electrons. The highest BCUT2D eigenvalue weighted by Gasteiger charge is 2.27. The molecule has 0 unspecified atom stereocenters. The maximum absolute atomic E-state index is 12.2. The Labute approximate surface area is 172 Å². The number of unbranched alkanes of at least 4 members (excludes halogenated alkanes) is 1. The predicted octanol–water partition coefficient (Wildman–Crippen LogP) is 3.74. The number of carbonyl (C=O) groups is 2. The molecule has 3 rings (SSSR count). The first-order valence-corrected chi connectivity index (χ1v) is 9.97. The van der Waals surface area contributed by atoms with Crippen molar-refractivity contribution in [2.75, 3.05) is 0 Å². The number of fused-ring (bicyclic) bond motifs is 1. The average molecular weight is 476 g/mol. The first-order chi connectivity index (χ1) is 13.0. The van der Waals surface area contributed by atoms with Crippen LogP contribution >= 0.6 is 22.6 Å². The summed E-state index contributed by atoms with van der Waals surface area (Å²) in [5, 5.41) is 15.6. The van der Waals surface area contributed by atoms with Crippen LogP contribution < -0.4 is 10.6 Å². The fourth-order valence-corrected chi connectivity index (χ4v) is 3.50. The van der Waals surface area contributed by atoms with E-state index in [-0.39, 0.29) is 5.91 Å². The molecule has 3 N–H and O–H groups in total. The Kier molecular flexibility index (Phi) is 6.15. The van der Waals surface area contributed by atoms with Crippen molar-refractivity contribution in [1.29, 1.82) is 0 Å². The molecule has 2 aromatic rings. The van der Waals surface area contributed by atoms with Crippen LogP contribution in [0, 0.1) is 3.57 Å². The number of aryl methyl sites for hydroxylation is 1. The van der Waals surface area contributed by atoms with Gasteiger partial charge in [-0.1, -0.05) is 25.5 Å². The van der Waals surface area contributed by atoms with Crippen LogP contribution in [0.3, 0.4) is 0 Å². The zero-order valence-corrected chi connectivity index (χ0v) is 17.2. The molecule has 0 radical (unpaired) electrons. The molecule has 0 spiro atoms. The summed E-state index contributed by atoms with van der Waals surface area (Å²) in [6.07, 6.45) is 4.62. The Morgan fingerprint density at radius 3 is 2.67 bits per heavy atom. The van der Waals surface area contributed by atoms with E-state index < -0.39 is 5.91 Å². The van der Waals surface area contributed by atoms with E-state index in [1.165, 1.54) is 0 Å². The van der Waals surface area contributed by atoms with Gasteiger partial charge in [0, 0.05) is 27.4 Å². The largest absolute Gasteiger partial charge is 0.508 e. The number of phenolic OH excluding ortho intramolecular Hbond substituents is 1. The number of nitrogens with one attached hydrogen (secondary N) is 2. The van der Waals surface area contributed by atoms with Crippen LogP contribution in [0.15, 0.2) is 42.6 Å². The van der Waals surface area contributed by atoms with Crippen LogP contribution in [0.4, 0.5) is 0 Å². The smallest absolute Gasteiger partial charge is 0.260 e. The summed E-state index contributed by atoms with van der Waals surface area (Å²) in [6.45, 7) is 2.59. The molecule has 1 heterocycles. The van der Waals surface area contributed by atoms with E-state index in [9.17, 15) is 14.7 Å². The number of carbonyl (C=O) groups excluding carboxylic acids is 2. The van der Waals surface area contributed by atoms with Crippen LogP contribution in [0.5, 0.6) is 5.75 Å². The summed E-state index contributed by atoms with van der Waals surface area (Å²) in [5.41, 5.74) is 3.40. The minimum Gasteiger partial charge on any atom is -0.508 e. The lowest BCUT2D eigenvalue weighted by Gasteiger charge is -2.18. The van der Waals surface area contributed by atoms with Crippen molar-refractivity contribution in [2.24, 2.45) is 0 Å². The van der Waals surface area contributed by atoms with E-state index in [1.807, 2.05) is 24.3 Å². The third-order valence-corrected chi connectivity index (χ3v) is 5.16. The Morgan fingerprint density at radius 2 is 1.93 bits per heavy atom. The molecule has 5 nitrogen and oxygen atoms in total. The number of benzene rings is 2. The number of halogens is 1. The van der Waals surface area contributed by atoms with Crippen molar-refractivity contribution in [3.05, 3.63) is 68.4 Å². The van der Waals surface area contributed by atoms with E-state index >= 15 is 0 Å². The molecule has 1 aliphatic heterocycles. The summed E-state index contributed by atoms with van der Waals surface area (Å²) in [7, 11) is 0. The Bertz CT molecular complexity index is 922. The van der Waals surface area contributed by atoms with Crippen molar-refractivity contribution < 1.29 is 14.7 Å². The molecular weight excluding hydrogens is 455 g/mol. The molecule has 2 amide bonds. The molecule has 1 aliphatic rings. The van der Waals surface area contributed by atoms with Crippen molar-refractivity contribution in [3.8, 4) is 5.75 Å². The number of hydrogen-bond donors (Lipinski definition) is 3. The van der Waals surface area contributed by atoms with Gasteiger partial charge in [-0.25, -0.2) is 0 Å². The molecule has 6 heteroatoms. The van der Waals surface area contributed by atoms with Crippen LogP contribution in [-0.2, 0) is 17.8 Å². The number of amides is 2. The van der Waals surface area contributed by atoms with E-state index in [1.54, 1.807) is 18.3 Å². The number of rotatable bonds is 6. The van der Waals surface area contributed by atoms with Gasteiger partial charge < -0.3 is 10.4 Å². The highest BCUT2D eigenvalue weighted by Crippen LogP contribution is 2.26. The molecule has 2 aromatic carbocycles. The van der Waals surface area contributed by atoms with Crippen molar-refractivity contribution in [3.63, 3.8) is 0 Å². The van der Waals surface area contributed by atoms with E-state index in [0.717, 1.165) is 34.0 Å². The van der Waals surface area contributed by atoms with Crippen LogP contribution in [-0.4, -0.2) is 16.9 Å². The number of hydrogen-bond acceptors (Lipinski definition) is 4. The standard InChI is InChI=1S/C21H21IN2O3/c1-2-3-4-14-6-5-13(9-19(14)25)11-23-12-18-17-10-15(22)7-8-16(17)20(26)24-21(18)27/h5-10,12,23,25H,2-4,11H2,1H3,(H,24,26,27)/b18-12+. The predicted molar refractivity (Wildman–Crippen MR) is 113 cm³/mol. The summed E-state index contributed by atoms with van der Waals surface area (Å²) in [5.74, 6) is -0.493. The first kappa shape index (κ1) is 19.4. The third kappa shape index (κ3) is 4.50. The van der Waals surface area contributed by atoms with Crippen molar-refractivity contribution >= 4 is 40.0 Å². The second-order valence-electron chi connectivity index (χ2n) is 6.48. The lowest BCUT2D eigenvalue weighted by atomic mass is 9.95. The molecule has 0 saturated heterocycles. The lowest BCUT2D eigenvalue weighted by Crippen LogP contribution is -2.37. The Balaban J connectivity index is 1.76. The second-order valence-corrected chi connectivity index (χ2v) is 7.72. The summed E-state index contributed by atoms with van der Waals surface area (Å²) < 4.78 is 0.951. The summed E-state index contributed by atoms with van der Waals surface area (Å²) >= 11 is 2.15. The zero-order chi connectivity index (χ0) is 19.4. The van der Waals surface area contributed by atoms with E-state index in [4.69, 9.17) is 0 Å². The number of aromatic hydroxyl groups is 1. The Morgan fingerprint density at radius 1 is 1.11 bits per heavy atom. The van der Waals surface area contributed by atoms with Gasteiger partial charge in [-0.15, -0.1) is 0 Å². The lowest BCUT2D eigenvalue weighted by molar-refractivity contribution is -0.114. The van der Waals surface area contributed by atoms with Gasteiger partial charge >= 0.3 is 0 Å². The van der Waals surface area contributed by atoms with Gasteiger partial charge in [0.15, 0.2) is 0 Å². The maximum Gasteiger partial charge on any atom is 0.260 e.